The molecule has 120 valence electrons. The third-order valence-electron chi connectivity index (χ3n) is 3.93. The van der Waals surface area contributed by atoms with E-state index in [-0.39, 0.29) is 30.4 Å². The molecule has 6 nitrogen and oxygen atoms in total. The number of halogens is 1. The topological polar surface area (TPSA) is 73.5 Å². The van der Waals surface area contributed by atoms with Gasteiger partial charge in [0, 0.05) is 24.5 Å². The molecule has 1 aromatic carbocycles. The van der Waals surface area contributed by atoms with E-state index in [1.165, 1.54) is 0 Å². The molecular formula is C15H21ClN4O2. The van der Waals surface area contributed by atoms with Gasteiger partial charge in [-0.3, -0.25) is 9.69 Å². The van der Waals surface area contributed by atoms with Crippen molar-refractivity contribution >= 4 is 35.7 Å². The second-order valence-corrected chi connectivity index (χ2v) is 5.42. The monoisotopic (exact) mass is 324 g/mol. The first-order valence-corrected chi connectivity index (χ1v) is 7.44. The molecule has 1 unspecified atom stereocenters. The van der Waals surface area contributed by atoms with E-state index in [9.17, 15) is 9.59 Å². The summed E-state index contributed by atoms with van der Waals surface area (Å²) in [7, 11) is 0. The highest BCUT2D eigenvalue weighted by atomic mass is 35.5. The maximum Gasteiger partial charge on any atom is 0.321 e. The second-order valence-electron chi connectivity index (χ2n) is 5.42. The second kappa shape index (κ2) is 7.47. The molecule has 1 atom stereocenters. The van der Waals surface area contributed by atoms with E-state index in [1.54, 1.807) is 4.90 Å². The predicted octanol–water partition coefficient (Wildman–Crippen LogP) is 1.72. The summed E-state index contributed by atoms with van der Waals surface area (Å²) < 4.78 is 0. The first-order chi connectivity index (χ1) is 10.2. The van der Waals surface area contributed by atoms with E-state index in [1.807, 2.05) is 24.3 Å². The van der Waals surface area contributed by atoms with E-state index in [2.05, 4.69) is 16.0 Å². The van der Waals surface area contributed by atoms with Crippen LogP contribution in [0.2, 0.25) is 0 Å². The van der Waals surface area contributed by atoms with Crippen LogP contribution in [0.1, 0.15) is 19.3 Å². The number of amides is 3. The molecular weight excluding hydrogens is 304 g/mol. The van der Waals surface area contributed by atoms with Gasteiger partial charge in [0.05, 0.1) is 6.04 Å². The zero-order chi connectivity index (χ0) is 14.7. The van der Waals surface area contributed by atoms with Gasteiger partial charge >= 0.3 is 6.03 Å². The number of hydrogen-bond acceptors (Lipinski definition) is 3. The maximum absolute atomic E-state index is 12.1. The summed E-state index contributed by atoms with van der Waals surface area (Å²) in [5, 5.41) is 8.91. The molecule has 2 aliphatic heterocycles. The molecule has 22 heavy (non-hydrogen) atoms. The third-order valence-corrected chi connectivity index (χ3v) is 3.93. The van der Waals surface area contributed by atoms with Crippen LogP contribution in [0, 0.1) is 0 Å². The van der Waals surface area contributed by atoms with Gasteiger partial charge < -0.3 is 16.0 Å². The van der Waals surface area contributed by atoms with Crippen LogP contribution in [0.25, 0.3) is 0 Å². The summed E-state index contributed by atoms with van der Waals surface area (Å²) in [6.07, 6.45) is 3.11. The standard InChI is InChI=1S/C15H20N4O2.ClH/c20-14(13-3-1-2-8-16-13)18-11-4-6-12(7-5-11)19-10-9-17-15(19)21;/h4-7,13,16H,1-3,8-10H2,(H,17,21)(H,18,20);1H. The first-order valence-electron chi connectivity index (χ1n) is 7.44. The Bertz CT molecular complexity index is 529. The fourth-order valence-corrected chi connectivity index (χ4v) is 2.75. The average molecular weight is 325 g/mol. The van der Waals surface area contributed by atoms with Crippen molar-refractivity contribution in [3.63, 3.8) is 0 Å². The summed E-state index contributed by atoms with van der Waals surface area (Å²) in [5.74, 6) is 0.0152. The predicted molar refractivity (Wildman–Crippen MR) is 88.7 cm³/mol. The van der Waals surface area contributed by atoms with Crippen LogP contribution in [0.15, 0.2) is 24.3 Å². The van der Waals surface area contributed by atoms with Crippen molar-refractivity contribution in [2.75, 3.05) is 29.9 Å². The smallest absolute Gasteiger partial charge is 0.321 e. The van der Waals surface area contributed by atoms with Crippen molar-refractivity contribution in [3.05, 3.63) is 24.3 Å². The van der Waals surface area contributed by atoms with E-state index in [4.69, 9.17) is 0 Å². The Morgan fingerprint density at radius 2 is 1.95 bits per heavy atom. The van der Waals surface area contributed by atoms with E-state index in [0.717, 1.165) is 37.2 Å². The van der Waals surface area contributed by atoms with Gasteiger partial charge in [0.2, 0.25) is 5.91 Å². The lowest BCUT2D eigenvalue weighted by Crippen LogP contribution is -2.43. The maximum atomic E-state index is 12.1. The molecule has 3 rings (SSSR count). The summed E-state index contributed by atoms with van der Waals surface area (Å²) in [4.78, 5) is 25.4. The quantitative estimate of drug-likeness (QED) is 0.792. The number of urea groups is 1. The highest BCUT2D eigenvalue weighted by Gasteiger charge is 2.22. The van der Waals surface area contributed by atoms with E-state index in [0.29, 0.717) is 13.1 Å². The SMILES string of the molecule is Cl.O=C(Nc1ccc(N2CCNC2=O)cc1)C1CCCCN1. The Morgan fingerprint density at radius 3 is 2.55 bits per heavy atom. The van der Waals surface area contributed by atoms with Crippen LogP contribution in [-0.4, -0.2) is 37.6 Å². The fraction of sp³-hybridized carbons (Fsp3) is 0.467. The van der Waals surface area contributed by atoms with Crippen LogP contribution >= 0.6 is 12.4 Å². The van der Waals surface area contributed by atoms with Crippen molar-refractivity contribution in [2.24, 2.45) is 0 Å². The number of nitrogens with zero attached hydrogens (tertiary/aromatic N) is 1. The minimum atomic E-state index is -0.0946. The van der Waals surface area contributed by atoms with Gasteiger partial charge in [-0.2, -0.15) is 0 Å². The van der Waals surface area contributed by atoms with Crippen molar-refractivity contribution in [2.45, 2.75) is 25.3 Å². The molecule has 3 N–H and O–H groups in total. The van der Waals surface area contributed by atoms with Gasteiger partial charge in [-0.05, 0) is 43.7 Å². The minimum Gasteiger partial charge on any atom is -0.336 e. The Kier molecular flexibility index (Phi) is 5.63. The Balaban J connectivity index is 0.00000176. The van der Waals surface area contributed by atoms with Gasteiger partial charge in [0.25, 0.3) is 0 Å². The molecule has 2 saturated heterocycles. The van der Waals surface area contributed by atoms with Crippen LogP contribution < -0.4 is 20.9 Å². The summed E-state index contributed by atoms with van der Waals surface area (Å²) in [5.41, 5.74) is 1.61. The summed E-state index contributed by atoms with van der Waals surface area (Å²) >= 11 is 0. The number of carbonyl (C=O) groups excluding carboxylic acids is 2. The molecule has 3 amide bonds. The van der Waals surface area contributed by atoms with Crippen molar-refractivity contribution in [1.82, 2.24) is 10.6 Å². The molecule has 0 spiro atoms. The molecule has 0 saturated carbocycles. The fourth-order valence-electron chi connectivity index (χ4n) is 2.75. The van der Waals surface area contributed by atoms with E-state index < -0.39 is 0 Å². The number of hydrogen-bond donors (Lipinski definition) is 3. The molecule has 0 radical (unpaired) electrons. The minimum absolute atomic E-state index is 0. The van der Waals surface area contributed by atoms with E-state index >= 15 is 0 Å². The third kappa shape index (κ3) is 3.69. The largest absolute Gasteiger partial charge is 0.336 e. The lowest BCUT2D eigenvalue weighted by molar-refractivity contribution is -0.118. The number of nitrogens with one attached hydrogen (secondary N) is 3. The van der Waals surface area contributed by atoms with Gasteiger partial charge in [-0.15, -0.1) is 12.4 Å². The molecule has 1 aromatic rings. The zero-order valence-corrected chi connectivity index (χ0v) is 13.1. The highest BCUT2D eigenvalue weighted by molar-refractivity contribution is 5.96. The van der Waals surface area contributed by atoms with Crippen molar-refractivity contribution < 1.29 is 9.59 Å². The molecule has 0 aliphatic carbocycles. The average Bonchev–Trinajstić information content (AvgIpc) is 2.95. The zero-order valence-electron chi connectivity index (χ0n) is 12.3. The summed E-state index contributed by atoms with van der Waals surface area (Å²) in [6, 6.07) is 7.22. The van der Waals surface area contributed by atoms with Crippen LogP contribution in [0.3, 0.4) is 0 Å². The Morgan fingerprint density at radius 1 is 1.18 bits per heavy atom. The van der Waals surface area contributed by atoms with Crippen molar-refractivity contribution in [3.8, 4) is 0 Å². The molecule has 2 aliphatic rings. The lowest BCUT2D eigenvalue weighted by Gasteiger charge is -2.22. The normalized spacial score (nSPS) is 21.0. The number of benzene rings is 1. The Hall–Kier alpha value is -1.79. The van der Waals surface area contributed by atoms with Gasteiger partial charge in [-0.25, -0.2) is 4.79 Å². The Labute approximate surface area is 136 Å². The van der Waals surface area contributed by atoms with Crippen LogP contribution in [-0.2, 0) is 4.79 Å². The molecule has 2 heterocycles. The molecule has 2 fully saturated rings. The first kappa shape index (κ1) is 16.6. The number of anilines is 2. The van der Waals surface area contributed by atoms with Crippen LogP contribution in [0.4, 0.5) is 16.2 Å². The summed E-state index contributed by atoms with van der Waals surface area (Å²) in [6.45, 7) is 2.25. The van der Waals surface area contributed by atoms with Gasteiger partial charge in [0.1, 0.15) is 0 Å². The van der Waals surface area contributed by atoms with Crippen LogP contribution in [0.5, 0.6) is 0 Å². The lowest BCUT2D eigenvalue weighted by atomic mass is 10.0. The van der Waals surface area contributed by atoms with Crippen molar-refractivity contribution in [1.29, 1.82) is 0 Å². The van der Waals surface area contributed by atoms with Gasteiger partial charge in [0.15, 0.2) is 0 Å². The molecule has 7 heteroatoms. The molecule has 0 aromatic heterocycles. The number of carbonyl (C=O) groups is 2. The van der Waals surface area contributed by atoms with Gasteiger partial charge in [-0.1, -0.05) is 6.42 Å². The highest BCUT2D eigenvalue weighted by Crippen LogP contribution is 2.20. The molecule has 0 bridgehead atoms. The number of piperidine rings is 1. The number of rotatable bonds is 3.